The lowest BCUT2D eigenvalue weighted by Gasteiger charge is -2.39. The Bertz CT molecular complexity index is 1710. The predicted octanol–water partition coefficient (Wildman–Crippen LogP) is 7.05. The molecule has 9 nitrogen and oxygen atoms in total. The van der Waals surface area contributed by atoms with Crippen LogP contribution >= 0.6 is 0 Å². The van der Waals surface area contributed by atoms with Crippen LogP contribution in [0, 0.1) is 6.92 Å². The number of methoxy groups -OCH3 is 1. The van der Waals surface area contributed by atoms with Crippen LogP contribution in [0.25, 0.3) is 11.1 Å². The second-order valence-corrected chi connectivity index (χ2v) is 11.6. The van der Waals surface area contributed by atoms with Gasteiger partial charge in [-0.1, -0.05) is 6.07 Å². The van der Waals surface area contributed by atoms with Crippen LogP contribution in [0.5, 0.6) is 5.75 Å². The van der Waals surface area contributed by atoms with Crippen LogP contribution in [-0.2, 0) is 34.8 Å². The minimum atomic E-state index is -5.13. The number of rotatable bonds is 9. The molecule has 17 heteroatoms. The van der Waals surface area contributed by atoms with Gasteiger partial charge < -0.3 is 19.5 Å². The number of aromatic nitrogens is 2. The molecule has 3 heterocycles. The third-order valence-electron chi connectivity index (χ3n) is 8.09. The van der Waals surface area contributed by atoms with E-state index in [1.54, 1.807) is 25.1 Å². The van der Waals surface area contributed by atoms with E-state index < -0.39 is 78.8 Å². The molecule has 258 valence electrons. The van der Waals surface area contributed by atoms with Gasteiger partial charge in [-0.2, -0.15) is 26.3 Å². The Morgan fingerprint density at radius 2 is 1.67 bits per heavy atom. The number of carboxylic acid groups (broad SMARTS) is 1. The molecule has 1 N–H and O–H groups in total. The van der Waals surface area contributed by atoms with E-state index in [1.165, 1.54) is 18.9 Å². The Balaban J connectivity index is 1.58. The monoisotopic (exact) mass is 688 g/mol. The molecule has 0 bridgehead atoms. The number of carboxylic acids is 1. The lowest BCUT2D eigenvalue weighted by Crippen LogP contribution is -2.57. The summed E-state index contributed by atoms with van der Waals surface area (Å²) in [5.74, 6) is -3.83. The van der Waals surface area contributed by atoms with Crippen LogP contribution in [0.1, 0.15) is 53.1 Å². The number of benzene rings is 2. The summed E-state index contributed by atoms with van der Waals surface area (Å²) >= 11 is 0. The van der Waals surface area contributed by atoms with Crippen LogP contribution in [0.4, 0.5) is 45.9 Å². The van der Waals surface area contributed by atoms with Crippen LogP contribution in [-0.4, -0.2) is 64.2 Å². The molecule has 2 fully saturated rings. The van der Waals surface area contributed by atoms with E-state index in [-0.39, 0.29) is 36.2 Å². The third-order valence-corrected chi connectivity index (χ3v) is 8.09. The second-order valence-electron chi connectivity index (χ2n) is 11.6. The molecule has 48 heavy (non-hydrogen) atoms. The smallest absolute Gasteiger partial charge is 0.416 e. The summed E-state index contributed by atoms with van der Waals surface area (Å²) in [6.45, 7) is 1.16. The van der Waals surface area contributed by atoms with Gasteiger partial charge in [0.05, 0.1) is 55.3 Å². The number of anilines is 1. The molecule has 5 rings (SSSR count). The highest BCUT2D eigenvalue weighted by molar-refractivity contribution is 5.77. The number of amides is 1. The second kappa shape index (κ2) is 12.4. The highest BCUT2D eigenvalue weighted by Gasteiger charge is 2.46. The third kappa shape index (κ3) is 7.08. The Kier molecular flexibility index (Phi) is 8.94. The van der Waals surface area contributed by atoms with Crippen molar-refractivity contribution >= 4 is 18.0 Å². The predicted molar refractivity (Wildman–Crippen MR) is 153 cm³/mol. The van der Waals surface area contributed by atoms with Gasteiger partial charge in [0, 0.05) is 17.5 Å². The van der Waals surface area contributed by atoms with Crippen molar-refractivity contribution in [2.75, 3.05) is 25.1 Å². The number of alkyl halides is 8. The summed E-state index contributed by atoms with van der Waals surface area (Å²) in [5.41, 5.74) is -2.07. The zero-order valence-electron chi connectivity index (χ0n) is 25.5. The normalized spacial score (nSPS) is 19.3. The number of aryl methyl sites for hydroxylation is 2. The minimum Gasteiger partial charge on any atom is -0.496 e. The standard InChI is InChI=1S/C31H28F8N4O5/c1-15-25(21-8-17(5-7-24(44)45)4-6-23(21)47-3)22(41-27(40-15)42-13-29(32,33)14-42)12-43-16(2)26(48-28(43)46)18-9-19(30(34,35)36)11-20(10-18)31(37,38)39/h4,6,8-11,16,26H,5,7,12-14H2,1-3H3,(H,44,45). The van der Waals surface area contributed by atoms with E-state index in [0.717, 1.165) is 4.90 Å². The molecule has 0 spiro atoms. The van der Waals surface area contributed by atoms with E-state index >= 15 is 0 Å². The van der Waals surface area contributed by atoms with Gasteiger partial charge in [0.2, 0.25) is 5.95 Å². The average Bonchev–Trinajstić information content (AvgIpc) is 3.25. The van der Waals surface area contributed by atoms with Crippen LogP contribution in [0.3, 0.4) is 0 Å². The largest absolute Gasteiger partial charge is 0.496 e. The van der Waals surface area contributed by atoms with E-state index in [4.69, 9.17) is 14.6 Å². The molecule has 1 aromatic heterocycles. The van der Waals surface area contributed by atoms with E-state index in [0.29, 0.717) is 34.6 Å². The lowest BCUT2D eigenvalue weighted by atomic mass is 9.96. The van der Waals surface area contributed by atoms with Crippen molar-refractivity contribution in [1.29, 1.82) is 0 Å². The first kappa shape index (κ1) is 34.6. The molecule has 2 atom stereocenters. The van der Waals surface area contributed by atoms with Crippen molar-refractivity contribution in [2.45, 2.75) is 63.7 Å². The maximum absolute atomic E-state index is 13.8. The molecular weight excluding hydrogens is 660 g/mol. The minimum absolute atomic E-state index is 0.0303. The maximum atomic E-state index is 13.8. The number of hydrogen-bond donors (Lipinski definition) is 1. The number of halogens is 8. The molecule has 3 aromatic rings. The Morgan fingerprint density at radius 1 is 1.04 bits per heavy atom. The zero-order valence-corrected chi connectivity index (χ0v) is 25.5. The molecule has 2 aliphatic rings. The van der Waals surface area contributed by atoms with Gasteiger partial charge in [-0.05, 0) is 61.7 Å². The Hall–Kier alpha value is -4.70. The molecule has 2 saturated heterocycles. The van der Waals surface area contributed by atoms with Crippen LogP contribution < -0.4 is 9.64 Å². The van der Waals surface area contributed by atoms with Gasteiger partial charge in [0.1, 0.15) is 11.9 Å². The van der Waals surface area contributed by atoms with Gasteiger partial charge in [-0.3, -0.25) is 9.69 Å². The number of carbonyl (C=O) groups is 2. The first-order valence-corrected chi connectivity index (χ1v) is 14.4. The van der Waals surface area contributed by atoms with Crippen molar-refractivity contribution in [1.82, 2.24) is 14.9 Å². The van der Waals surface area contributed by atoms with Gasteiger partial charge >= 0.3 is 24.4 Å². The fourth-order valence-electron chi connectivity index (χ4n) is 5.70. The molecular formula is C31H28F8N4O5. The van der Waals surface area contributed by atoms with Crippen molar-refractivity contribution in [3.8, 4) is 16.9 Å². The van der Waals surface area contributed by atoms with Gasteiger partial charge in [0.25, 0.3) is 5.92 Å². The van der Waals surface area contributed by atoms with Gasteiger partial charge in [-0.15, -0.1) is 0 Å². The lowest BCUT2D eigenvalue weighted by molar-refractivity contribution is -0.143. The van der Waals surface area contributed by atoms with Gasteiger partial charge in [-0.25, -0.2) is 23.5 Å². The highest BCUT2D eigenvalue weighted by atomic mass is 19.4. The molecule has 0 saturated carbocycles. The van der Waals surface area contributed by atoms with Crippen LogP contribution in [0.15, 0.2) is 36.4 Å². The van der Waals surface area contributed by atoms with Crippen molar-refractivity contribution < 1.29 is 59.3 Å². The topological polar surface area (TPSA) is 105 Å². The fourth-order valence-corrected chi connectivity index (χ4v) is 5.70. The van der Waals surface area contributed by atoms with Crippen LogP contribution in [0.2, 0.25) is 0 Å². The van der Waals surface area contributed by atoms with Gasteiger partial charge in [0.15, 0.2) is 0 Å². The first-order valence-electron chi connectivity index (χ1n) is 14.4. The number of aliphatic carboxylic acids is 1. The summed E-state index contributed by atoms with van der Waals surface area (Å²) in [4.78, 5) is 35.5. The molecule has 2 unspecified atom stereocenters. The zero-order chi connectivity index (χ0) is 35.3. The first-order chi connectivity index (χ1) is 22.3. The van der Waals surface area contributed by atoms with E-state index in [9.17, 15) is 44.7 Å². The van der Waals surface area contributed by atoms with E-state index in [2.05, 4.69) is 9.97 Å². The Morgan fingerprint density at radius 3 is 2.21 bits per heavy atom. The summed E-state index contributed by atoms with van der Waals surface area (Å²) < 4.78 is 120. The SMILES string of the molecule is COc1ccc(CCC(=O)O)cc1-c1c(C)nc(N2CC(F)(F)C2)nc1CN1C(=O)OC(c2cc(C(F)(F)F)cc(C(F)(F)F)c2)C1C. The fraction of sp³-hybridized carbons (Fsp3) is 0.419. The van der Waals surface area contributed by atoms with Crippen molar-refractivity contribution in [2.24, 2.45) is 0 Å². The molecule has 0 aliphatic carbocycles. The number of carbonyl (C=O) groups excluding carboxylic acids is 1. The highest BCUT2D eigenvalue weighted by Crippen LogP contribution is 2.43. The average molecular weight is 689 g/mol. The molecule has 2 aliphatic heterocycles. The number of ether oxygens (including phenoxy) is 2. The maximum Gasteiger partial charge on any atom is 0.416 e. The molecule has 1 amide bonds. The van der Waals surface area contributed by atoms with Crippen molar-refractivity contribution in [3.05, 3.63) is 70.0 Å². The molecule has 0 radical (unpaired) electrons. The quantitative estimate of drug-likeness (QED) is 0.239. The summed E-state index contributed by atoms with van der Waals surface area (Å²) in [5, 5.41) is 9.16. The van der Waals surface area contributed by atoms with Crippen molar-refractivity contribution in [3.63, 3.8) is 0 Å². The summed E-state index contributed by atoms with van der Waals surface area (Å²) in [6.07, 6.45) is -12.9. The Labute approximate surface area is 268 Å². The number of hydrogen-bond acceptors (Lipinski definition) is 7. The molecule has 2 aromatic carbocycles. The number of cyclic esters (lactones) is 1. The number of nitrogens with zero attached hydrogens (tertiary/aromatic N) is 4. The summed E-state index contributed by atoms with van der Waals surface area (Å²) in [7, 11) is 1.37. The summed E-state index contributed by atoms with van der Waals surface area (Å²) in [6, 6.07) is 4.68. The van der Waals surface area contributed by atoms with E-state index in [1.807, 2.05) is 0 Å².